The molecule has 0 saturated heterocycles. The van der Waals surface area contributed by atoms with Gasteiger partial charge in [-0.2, -0.15) is 0 Å². The molecule has 0 aliphatic carbocycles. The van der Waals surface area contributed by atoms with Crippen LogP contribution in [0.25, 0.3) is 0 Å². The molecule has 0 aliphatic rings. The Labute approximate surface area is 105 Å². The summed E-state index contributed by atoms with van der Waals surface area (Å²) in [4.78, 5) is 22.5. The zero-order valence-corrected chi connectivity index (χ0v) is 10.1. The number of hydrogen-bond acceptors (Lipinski definition) is 4. The minimum Gasteiger partial charge on any atom is -0.480 e. The van der Waals surface area contributed by atoms with Crippen LogP contribution in [0.3, 0.4) is 0 Å². The summed E-state index contributed by atoms with van der Waals surface area (Å²) in [6, 6.07) is 7.81. The van der Waals surface area contributed by atoms with Gasteiger partial charge in [0.05, 0.1) is 6.61 Å². The van der Waals surface area contributed by atoms with E-state index in [4.69, 9.17) is 10.9 Å². The van der Waals surface area contributed by atoms with Crippen molar-refractivity contribution in [3.63, 3.8) is 0 Å². The molecule has 3 N–H and O–H groups in total. The lowest BCUT2D eigenvalue weighted by Gasteiger charge is -2.23. The highest BCUT2D eigenvalue weighted by Crippen LogP contribution is 2.08. The number of nitrogens with zero attached hydrogens (tertiary/aromatic N) is 1. The first kappa shape index (κ1) is 14.0. The molecule has 6 nitrogen and oxygen atoms in total. The van der Waals surface area contributed by atoms with Gasteiger partial charge in [0.15, 0.2) is 6.04 Å². The Balaban J connectivity index is 2.77. The second kappa shape index (κ2) is 6.61. The number of aliphatic carboxylic acids is 1. The molecule has 1 amide bonds. The minimum absolute atomic E-state index is 0.130. The van der Waals surface area contributed by atoms with Crippen molar-refractivity contribution in [2.75, 3.05) is 6.61 Å². The van der Waals surface area contributed by atoms with Gasteiger partial charge in [0.1, 0.15) is 0 Å². The molecule has 0 radical (unpaired) electrons. The minimum atomic E-state index is -1.17. The van der Waals surface area contributed by atoms with Gasteiger partial charge in [-0.25, -0.2) is 20.4 Å². The van der Waals surface area contributed by atoms with Crippen LogP contribution in [0.1, 0.15) is 12.5 Å². The Morgan fingerprint density at radius 3 is 2.50 bits per heavy atom. The molecule has 0 aliphatic heterocycles. The third kappa shape index (κ3) is 3.74. The third-order valence-electron chi connectivity index (χ3n) is 2.37. The lowest BCUT2D eigenvalue weighted by molar-refractivity contribution is -0.142. The van der Waals surface area contributed by atoms with Gasteiger partial charge in [0, 0.05) is 6.42 Å². The lowest BCUT2D eigenvalue weighted by atomic mass is 10.1. The van der Waals surface area contributed by atoms with Crippen LogP contribution in [0.5, 0.6) is 0 Å². The topological polar surface area (TPSA) is 92.9 Å². The summed E-state index contributed by atoms with van der Waals surface area (Å²) in [6.45, 7) is 1.77. The van der Waals surface area contributed by atoms with Gasteiger partial charge < -0.3 is 9.84 Å². The van der Waals surface area contributed by atoms with Gasteiger partial charge >= 0.3 is 12.1 Å². The molecule has 98 valence electrons. The van der Waals surface area contributed by atoms with Crippen molar-refractivity contribution in [1.29, 1.82) is 0 Å². The second-order valence-electron chi connectivity index (χ2n) is 3.65. The number of carboxylic acid groups (broad SMARTS) is 1. The van der Waals surface area contributed by atoms with Gasteiger partial charge in [-0.3, -0.25) is 0 Å². The summed E-state index contributed by atoms with van der Waals surface area (Å²) in [7, 11) is 0. The van der Waals surface area contributed by atoms with Gasteiger partial charge in [-0.15, -0.1) is 0 Å². The Bertz CT molecular complexity index is 408. The lowest BCUT2D eigenvalue weighted by Crippen LogP contribution is -2.51. The van der Waals surface area contributed by atoms with E-state index in [1.807, 2.05) is 6.07 Å². The molecule has 0 saturated carbocycles. The number of nitrogens with two attached hydrogens (primary N) is 1. The monoisotopic (exact) mass is 252 g/mol. The number of hydrazine groups is 1. The first-order valence-electron chi connectivity index (χ1n) is 5.53. The zero-order valence-electron chi connectivity index (χ0n) is 10.1. The number of benzene rings is 1. The number of ether oxygens (including phenoxy) is 1. The second-order valence-corrected chi connectivity index (χ2v) is 3.65. The van der Waals surface area contributed by atoms with E-state index in [-0.39, 0.29) is 13.0 Å². The highest BCUT2D eigenvalue weighted by Gasteiger charge is 2.28. The summed E-state index contributed by atoms with van der Waals surface area (Å²) in [5.74, 6) is 4.30. The number of hydrogen-bond donors (Lipinski definition) is 2. The predicted octanol–water partition coefficient (Wildman–Crippen LogP) is 1.01. The Morgan fingerprint density at radius 1 is 1.39 bits per heavy atom. The van der Waals surface area contributed by atoms with Crippen molar-refractivity contribution in [1.82, 2.24) is 5.01 Å². The Morgan fingerprint density at radius 2 is 2.00 bits per heavy atom. The Kier molecular flexibility index (Phi) is 5.13. The standard InChI is InChI=1S/C12H16N2O4/c1-2-18-12(17)14(13)10(11(15)16)8-9-6-4-3-5-7-9/h3-7,10H,2,8,13H2,1H3,(H,15,16)/t10-/m0/s1. The van der Waals surface area contributed by atoms with Crippen molar-refractivity contribution in [2.45, 2.75) is 19.4 Å². The van der Waals surface area contributed by atoms with E-state index in [1.54, 1.807) is 31.2 Å². The van der Waals surface area contributed by atoms with Crippen LogP contribution in [0.2, 0.25) is 0 Å². The molecule has 0 heterocycles. The maximum Gasteiger partial charge on any atom is 0.424 e. The summed E-state index contributed by atoms with van der Waals surface area (Å²) in [6.07, 6.45) is -0.716. The van der Waals surface area contributed by atoms with Gasteiger partial charge in [0.25, 0.3) is 0 Å². The van der Waals surface area contributed by atoms with Crippen LogP contribution in [-0.4, -0.2) is 34.8 Å². The van der Waals surface area contributed by atoms with Crippen molar-refractivity contribution < 1.29 is 19.4 Å². The van der Waals surface area contributed by atoms with E-state index < -0.39 is 18.1 Å². The molecule has 1 aromatic rings. The van der Waals surface area contributed by atoms with Crippen LogP contribution < -0.4 is 5.84 Å². The highest BCUT2D eigenvalue weighted by atomic mass is 16.6. The number of rotatable bonds is 5. The zero-order chi connectivity index (χ0) is 13.5. The predicted molar refractivity (Wildman–Crippen MR) is 64.6 cm³/mol. The average Bonchev–Trinajstić information content (AvgIpc) is 2.36. The fourth-order valence-corrected chi connectivity index (χ4v) is 1.47. The maximum absolute atomic E-state index is 11.4. The SMILES string of the molecule is CCOC(=O)N(N)[C@@H](Cc1ccccc1)C(=O)O. The molecular formula is C12H16N2O4. The number of carbonyl (C=O) groups is 2. The first-order valence-corrected chi connectivity index (χ1v) is 5.53. The van der Waals surface area contributed by atoms with Crippen LogP contribution in [0, 0.1) is 0 Å². The summed E-state index contributed by atoms with van der Waals surface area (Å²) in [5, 5.41) is 9.70. The number of carbonyl (C=O) groups excluding carboxylic acids is 1. The van der Waals surface area contributed by atoms with E-state index in [1.165, 1.54) is 0 Å². The molecule has 0 aromatic heterocycles. The normalized spacial score (nSPS) is 11.7. The van der Waals surface area contributed by atoms with Crippen LogP contribution >= 0.6 is 0 Å². The summed E-state index contributed by atoms with van der Waals surface area (Å²) in [5.41, 5.74) is 0.782. The molecule has 0 spiro atoms. The van der Waals surface area contributed by atoms with Crippen molar-refractivity contribution in [3.8, 4) is 0 Å². The molecule has 0 bridgehead atoms. The summed E-state index contributed by atoms with van der Waals surface area (Å²) >= 11 is 0. The smallest absolute Gasteiger partial charge is 0.424 e. The van der Waals surface area contributed by atoms with Gasteiger partial charge in [-0.1, -0.05) is 30.3 Å². The quantitative estimate of drug-likeness (QED) is 0.463. The van der Waals surface area contributed by atoms with E-state index >= 15 is 0 Å². The average molecular weight is 252 g/mol. The highest BCUT2D eigenvalue weighted by molar-refractivity contribution is 5.79. The molecule has 0 unspecified atom stereocenters. The molecule has 18 heavy (non-hydrogen) atoms. The van der Waals surface area contributed by atoms with Crippen molar-refractivity contribution >= 4 is 12.1 Å². The summed E-state index contributed by atoms with van der Waals surface area (Å²) < 4.78 is 4.67. The molecule has 0 fully saturated rings. The van der Waals surface area contributed by atoms with Crippen molar-refractivity contribution in [3.05, 3.63) is 35.9 Å². The van der Waals surface area contributed by atoms with E-state index in [2.05, 4.69) is 4.74 Å². The fraction of sp³-hybridized carbons (Fsp3) is 0.333. The van der Waals surface area contributed by atoms with Gasteiger partial charge in [0.2, 0.25) is 0 Å². The molecule has 6 heteroatoms. The van der Waals surface area contributed by atoms with E-state index in [0.29, 0.717) is 5.01 Å². The maximum atomic E-state index is 11.4. The van der Waals surface area contributed by atoms with Crippen molar-refractivity contribution in [2.24, 2.45) is 5.84 Å². The number of amides is 1. The van der Waals surface area contributed by atoms with Gasteiger partial charge in [-0.05, 0) is 12.5 Å². The Hall–Kier alpha value is -2.08. The largest absolute Gasteiger partial charge is 0.480 e. The van der Waals surface area contributed by atoms with Crippen LogP contribution in [0.15, 0.2) is 30.3 Å². The fourth-order valence-electron chi connectivity index (χ4n) is 1.47. The van der Waals surface area contributed by atoms with Crippen LogP contribution in [-0.2, 0) is 16.0 Å². The van der Waals surface area contributed by atoms with E-state index in [0.717, 1.165) is 5.56 Å². The molecule has 1 atom stereocenters. The van der Waals surface area contributed by atoms with E-state index in [9.17, 15) is 9.59 Å². The first-order chi connectivity index (χ1) is 8.56. The van der Waals surface area contributed by atoms with Crippen LogP contribution in [0.4, 0.5) is 4.79 Å². The number of carboxylic acids is 1. The molecule has 1 rings (SSSR count). The molecular weight excluding hydrogens is 236 g/mol. The molecule has 1 aromatic carbocycles. The third-order valence-corrected chi connectivity index (χ3v) is 2.37.